The fourth-order valence-electron chi connectivity index (χ4n) is 5.17. The van der Waals surface area contributed by atoms with Crippen molar-refractivity contribution in [3.63, 3.8) is 0 Å². The molecule has 3 aliphatic rings. The van der Waals surface area contributed by atoms with Crippen LogP contribution in [0.2, 0.25) is 0 Å². The maximum absolute atomic E-state index is 5.62. The van der Waals surface area contributed by atoms with Gasteiger partial charge in [0.25, 0.3) is 0 Å². The van der Waals surface area contributed by atoms with Crippen molar-refractivity contribution in [3.05, 3.63) is 6.07 Å². The van der Waals surface area contributed by atoms with E-state index in [1.807, 2.05) is 0 Å². The Morgan fingerprint density at radius 2 is 1.43 bits per heavy atom. The number of nitrogens with zero attached hydrogens (tertiary/aromatic N) is 4. The van der Waals surface area contributed by atoms with Crippen molar-refractivity contribution in [1.82, 2.24) is 15.3 Å². The maximum atomic E-state index is 5.62. The van der Waals surface area contributed by atoms with Crippen LogP contribution in [0.4, 0.5) is 17.6 Å². The number of aromatic nitrogens is 2. The van der Waals surface area contributed by atoms with Crippen molar-refractivity contribution in [3.8, 4) is 0 Å². The van der Waals surface area contributed by atoms with Gasteiger partial charge in [0.1, 0.15) is 11.6 Å². The molecule has 1 aliphatic carbocycles. The zero-order chi connectivity index (χ0) is 20.9. The number of hydrogen-bond acceptors (Lipinski definition) is 5. The van der Waals surface area contributed by atoms with Crippen molar-refractivity contribution in [2.75, 3.05) is 41.3 Å². The predicted octanol–water partition coefficient (Wildman–Crippen LogP) is 4.57. The minimum absolute atomic E-state index is 0.479. The van der Waals surface area contributed by atoms with E-state index in [4.69, 9.17) is 22.2 Å². The van der Waals surface area contributed by atoms with Gasteiger partial charge in [0, 0.05) is 38.3 Å². The minimum Gasteiger partial charge on any atom is -0.360 e. The Bertz CT molecular complexity index is 679. The van der Waals surface area contributed by atoms with Crippen LogP contribution in [0.15, 0.2) is 6.07 Å². The molecule has 1 saturated carbocycles. The molecule has 0 bridgehead atoms. The summed E-state index contributed by atoms with van der Waals surface area (Å²) in [6.45, 7) is 8.95. The molecule has 2 N–H and O–H groups in total. The molecule has 3 heterocycles. The Balaban J connectivity index is 1.52. The second-order valence-corrected chi connectivity index (χ2v) is 10.1. The SMILES string of the molecule is CC1CCCN(c2cc(N3CCCC(C)C3)nc(NC(=S)NC3CCCCC3)n2)C1. The van der Waals surface area contributed by atoms with Gasteiger partial charge in [-0.1, -0.05) is 33.1 Å². The summed E-state index contributed by atoms with van der Waals surface area (Å²) >= 11 is 5.62. The highest BCUT2D eigenvalue weighted by Crippen LogP contribution is 2.28. The first-order chi connectivity index (χ1) is 14.6. The van der Waals surface area contributed by atoms with E-state index in [0.717, 1.165) is 37.8 Å². The van der Waals surface area contributed by atoms with Gasteiger partial charge in [0.15, 0.2) is 5.11 Å². The fraction of sp³-hybridized carbons (Fsp3) is 0.783. The molecular weight excluding hydrogens is 392 g/mol. The molecule has 4 rings (SSSR count). The third kappa shape index (κ3) is 5.74. The van der Waals surface area contributed by atoms with E-state index in [1.165, 1.54) is 57.8 Å². The van der Waals surface area contributed by atoms with Crippen LogP contribution in [0, 0.1) is 11.8 Å². The van der Waals surface area contributed by atoms with Crippen LogP contribution in [0.5, 0.6) is 0 Å². The lowest BCUT2D eigenvalue weighted by Gasteiger charge is -2.35. The van der Waals surface area contributed by atoms with Gasteiger partial charge in [-0.2, -0.15) is 9.97 Å². The standard InChI is InChI=1S/C23H38N6S/c1-17-8-6-12-28(15-17)20-14-21(29-13-7-9-18(2)16-29)26-22(25-20)27-23(30)24-19-10-4-3-5-11-19/h14,17-19H,3-13,15-16H2,1-2H3,(H2,24,25,26,27,30). The highest BCUT2D eigenvalue weighted by Gasteiger charge is 2.23. The zero-order valence-electron chi connectivity index (χ0n) is 18.7. The Morgan fingerprint density at radius 1 is 0.867 bits per heavy atom. The van der Waals surface area contributed by atoms with Crippen molar-refractivity contribution < 1.29 is 0 Å². The van der Waals surface area contributed by atoms with Gasteiger partial charge < -0.3 is 20.4 Å². The Morgan fingerprint density at radius 3 is 1.97 bits per heavy atom. The summed E-state index contributed by atoms with van der Waals surface area (Å²) in [5.41, 5.74) is 0. The van der Waals surface area contributed by atoms with E-state index in [9.17, 15) is 0 Å². The number of nitrogens with one attached hydrogen (secondary N) is 2. The molecule has 2 atom stereocenters. The largest absolute Gasteiger partial charge is 0.360 e. The highest BCUT2D eigenvalue weighted by molar-refractivity contribution is 7.80. The molecule has 2 saturated heterocycles. The van der Waals surface area contributed by atoms with E-state index in [0.29, 0.717) is 28.9 Å². The molecule has 0 spiro atoms. The lowest BCUT2D eigenvalue weighted by molar-refractivity contribution is 0.414. The first kappa shape index (κ1) is 21.6. The lowest BCUT2D eigenvalue weighted by Crippen LogP contribution is -2.40. The quantitative estimate of drug-likeness (QED) is 0.679. The second-order valence-electron chi connectivity index (χ2n) is 9.73. The van der Waals surface area contributed by atoms with Gasteiger partial charge in [0.05, 0.1) is 0 Å². The molecule has 166 valence electrons. The van der Waals surface area contributed by atoms with Crippen LogP contribution in [-0.4, -0.2) is 47.3 Å². The molecule has 3 fully saturated rings. The average molecular weight is 431 g/mol. The maximum Gasteiger partial charge on any atom is 0.232 e. The summed E-state index contributed by atoms with van der Waals surface area (Å²) in [5, 5.41) is 7.46. The smallest absolute Gasteiger partial charge is 0.232 e. The van der Waals surface area contributed by atoms with Crippen LogP contribution < -0.4 is 20.4 Å². The molecule has 7 heteroatoms. The third-order valence-electron chi connectivity index (χ3n) is 6.83. The number of thiocarbonyl (C=S) groups is 1. The lowest BCUT2D eigenvalue weighted by atomic mass is 9.96. The minimum atomic E-state index is 0.479. The summed E-state index contributed by atoms with van der Waals surface area (Å²) in [4.78, 5) is 14.6. The van der Waals surface area contributed by atoms with E-state index >= 15 is 0 Å². The molecule has 6 nitrogen and oxygen atoms in total. The zero-order valence-corrected chi connectivity index (χ0v) is 19.5. The topological polar surface area (TPSA) is 56.3 Å². The normalized spacial score (nSPS) is 25.8. The summed E-state index contributed by atoms with van der Waals surface area (Å²) < 4.78 is 0. The monoisotopic (exact) mass is 430 g/mol. The molecular formula is C23H38N6S. The first-order valence-electron chi connectivity index (χ1n) is 12.0. The second kappa shape index (κ2) is 10.1. The molecule has 2 aliphatic heterocycles. The van der Waals surface area contributed by atoms with Gasteiger partial charge in [-0.05, 0) is 62.6 Å². The van der Waals surface area contributed by atoms with Gasteiger partial charge in [-0.15, -0.1) is 0 Å². The Kier molecular flexibility index (Phi) is 7.28. The molecule has 0 radical (unpaired) electrons. The average Bonchev–Trinajstić information content (AvgIpc) is 2.74. The summed E-state index contributed by atoms with van der Waals surface area (Å²) in [5.74, 6) is 4.11. The van der Waals surface area contributed by atoms with E-state index in [1.54, 1.807) is 0 Å². The molecule has 1 aromatic heterocycles. The Hall–Kier alpha value is -1.63. The van der Waals surface area contributed by atoms with Crippen LogP contribution in [0.1, 0.15) is 71.6 Å². The van der Waals surface area contributed by atoms with Crippen LogP contribution >= 0.6 is 12.2 Å². The number of piperidine rings is 2. The van der Waals surface area contributed by atoms with Crippen LogP contribution in [0.3, 0.4) is 0 Å². The number of rotatable bonds is 4. The van der Waals surface area contributed by atoms with Crippen molar-refractivity contribution in [1.29, 1.82) is 0 Å². The van der Waals surface area contributed by atoms with Crippen LogP contribution in [-0.2, 0) is 0 Å². The summed E-state index contributed by atoms with van der Waals surface area (Å²) in [6.07, 6.45) is 11.4. The molecule has 0 aromatic carbocycles. The summed E-state index contributed by atoms with van der Waals surface area (Å²) in [7, 11) is 0. The van der Waals surface area contributed by atoms with Gasteiger partial charge in [-0.3, -0.25) is 0 Å². The third-order valence-corrected chi connectivity index (χ3v) is 7.05. The molecule has 0 amide bonds. The van der Waals surface area contributed by atoms with E-state index < -0.39 is 0 Å². The van der Waals surface area contributed by atoms with Gasteiger partial charge in [0.2, 0.25) is 5.95 Å². The molecule has 30 heavy (non-hydrogen) atoms. The summed E-state index contributed by atoms with van der Waals surface area (Å²) in [6, 6.07) is 2.67. The van der Waals surface area contributed by atoms with Crippen molar-refractivity contribution in [2.24, 2.45) is 11.8 Å². The first-order valence-corrected chi connectivity index (χ1v) is 12.4. The Labute approximate surface area is 187 Å². The molecule has 2 unspecified atom stereocenters. The van der Waals surface area contributed by atoms with Crippen molar-refractivity contribution in [2.45, 2.75) is 77.7 Å². The number of hydrogen-bond donors (Lipinski definition) is 2. The highest BCUT2D eigenvalue weighted by atomic mass is 32.1. The van der Waals surface area contributed by atoms with E-state index in [2.05, 4.69) is 40.3 Å². The predicted molar refractivity (Wildman–Crippen MR) is 129 cm³/mol. The number of anilines is 3. The van der Waals surface area contributed by atoms with Gasteiger partial charge in [-0.25, -0.2) is 0 Å². The van der Waals surface area contributed by atoms with Gasteiger partial charge >= 0.3 is 0 Å². The van der Waals surface area contributed by atoms with E-state index in [-0.39, 0.29) is 0 Å². The molecule has 1 aromatic rings. The fourth-order valence-corrected chi connectivity index (χ4v) is 5.42. The van der Waals surface area contributed by atoms with Crippen LogP contribution in [0.25, 0.3) is 0 Å². The van der Waals surface area contributed by atoms with Crippen molar-refractivity contribution >= 4 is 34.9 Å².